The van der Waals surface area contributed by atoms with Crippen LogP contribution in [-0.4, -0.2) is 37.2 Å². The van der Waals surface area contributed by atoms with E-state index < -0.39 is 0 Å². The van der Waals surface area contributed by atoms with Crippen molar-refractivity contribution in [1.82, 2.24) is 10.3 Å². The lowest BCUT2D eigenvalue weighted by Gasteiger charge is -2.37. The average molecular weight is 318 g/mol. The molecule has 2 aliphatic heterocycles. The fourth-order valence-electron chi connectivity index (χ4n) is 4.13. The van der Waals surface area contributed by atoms with Gasteiger partial charge in [-0.3, -0.25) is 0 Å². The molecule has 0 aliphatic carbocycles. The Kier molecular flexibility index (Phi) is 3.23. The summed E-state index contributed by atoms with van der Waals surface area (Å²) in [4.78, 5) is 5.91. The quantitative estimate of drug-likeness (QED) is 0.644. The summed E-state index contributed by atoms with van der Waals surface area (Å²) in [6.07, 6.45) is 3.20. The van der Waals surface area contributed by atoms with Gasteiger partial charge in [0.25, 0.3) is 0 Å². The maximum atomic E-state index is 3.62. The molecule has 1 unspecified atom stereocenters. The molecule has 5 rings (SSSR count). The van der Waals surface area contributed by atoms with Gasteiger partial charge >= 0.3 is 0 Å². The van der Waals surface area contributed by atoms with Crippen LogP contribution in [0.4, 0.5) is 11.4 Å². The molecule has 2 aliphatic rings. The fourth-order valence-corrected chi connectivity index (χ4v) is 4.13. The second-order valence-electron chi connectivity index (χ2n) is 6.74. The molecule has 3 aromatic rings. The molecule has 1 aromatic heterocycles. The highest BCUT2D eigenvalue weighted by atomic mass is 15.2. The maximum absolute atomic E-state index is 3.62. The van der Waals surface area contributed by atoms with Gasteiger partial charge in [0.2, 0.25) is 0 Å². The number of benzene rings is 2. The summed E-state index contributed by atoms with van der Waals surface area (Å²) < 4.78 is 0. The molecule has 0 saturated carbocycles. The number of fused-ring (bicyclic) bond motifs is 4. The SMILES string of the molecule is c1cc(-c2ccc3c(c2)N2CCNCC2CCN3)c2cc[nH]c2c1. The standard InChI is InChI=1S/C20H22N4/c1-2-16(17-7-9-22-18(17)3-1)14-4-5-19-20(12-14)24-11-10-21-13-15(24)6-8-23-19/h1-5,7,9,12,15,21-23H,6,8,10-11,13H2. The number of rotatable bonds is 1. The van der Waals surface area contributed by atoms with Crippen molar-refractivity contribution in [2.75, 3.05) is 36.4 Å². The van der Waals surface area contributed by atoms with Crippen molar-refractivity contribution in [3.05, 3.63) is 48.7 Å². The first-order valence-electron chi connectivity index (χ1n) is 8.82. The minimum Gasteiger partial charge on any atom is -0.383 e. The predicted molar refractivity (Wildman–Crippen MR) is 101 cm³/mol. The summed E-state index contributed by atoms with van der Waals surface area (Å²) in [5.74, 6) is 0. The summed E-state index contributed by atoms with van der Waals surface area (Å²) in [6, 6.07) is 16.1. The first kappa shape index (κ1) is 13.9. The molecular weight excluding hydrogens is 296 g/mol. The van der Waals surface area contributed by atoms with Crippen LogP contribution in [0.15, 0.2) is 48.7 Å². The minimum absolute atomic E-state index is 0.589. The first-order chi connectivity index (χ1) is 11.9. The third-order valence-corrected chi connectivity index (χ3v) is 5.36. The van der Waals surface area contributed by atoms with Gasteiger partial charge in [-0.15, -0.1) is 0 Å². The normalized spacial score (nSPS) is 20.2. The topological polar surface area (TPSA) is 43.1 Å². The summed E-state index contributed by atoms with van der Waals surface area (Å²) in [6.45, 7) is 4.27. The highest BCUT2D eigenvalue weighted by Gasteiger charge is 2.26. The van der Waals surface area contributed by atoms with Crippen molar-refractivity contribution < 1.29 is 0 Å². The zero-order valence-electron chi connectivity index (χ0n) is 13.7. The van der Waals surface area contributed by atoms with Crippen LogP contribution in [0, 0.1) is 0 Å². The largest absolute Gasteiger partial charge is 0.383 e. The molecule has 3 N–H and O–H groups in total. The molecule has 0 radical (unpaired) electrons. The molecule has 1 atom stereocenters. The van der Waals surface area contributed by atoms with E-state index in [1.54, 1.807) is 0 Å². The summed E-state index contributed by atoms with van der Waals surface area (Å²) in [5, 5.41) is 8.44. The highest BCUT2D eigenvalue weighted by molar-refractivity contribution is 5.96. The Hall–Kier alpha value is -2.46. The number of anilines is 2. The van der Waals surface area contributed by atoms with E-state index in [-0.39, 0.29) is 0 Å². The number of nitrogens with one attached hydrogen (secondary N) is 3. The third kappa shape index (κ3) is 2.18. The summed E-state index contributed by atoms with van der Waals surface area (Å²) >= 11 is 0. The molecule has 0 amide bonds. The fraction of sp³-hybridized carbons (Fsp3) is 0.300. The Morgan fingerprint density at radius 3 is 3.04 bits per heavy atom. The summed E-state index contributed by atoms with van der Waals surface area (Å²) in [7, 11) is 0. The average Bonchev–Trinajstić information content (AvgIpc) is 3.03. The highest BCUT2D eigenvalue weighted by Crippen LogP contribution is 2.37. The summed E-state index contributed by atoms with van der Waals surface area (Å²) in [5.41, 5.74) is 6.40. The van der Waals surface area contributed by atoms with Crippen molar-refractivity contribution >= 4 is 22.3 Å². The minimum atomic E-state index is 0.589. The number of aromatic nitrogens is 1. The maximum Gasteiger partial charge on any atom is 0.0611 e. The monoisotopic (exact) mass is 318 g/mol. The van der Waals surface area contributed by atoms with E-state index in [0.717, 1.165) is 26.2 Å². The molecule has 1 fully saturated rings. The van der Waals surface area contributed by atoms with Crippen LogP contribution in [0.3, 0.4) is 0 Å². The Bertz CT molecular complexity index is 882. The van der Waals surface area contributed by atoms with Gasteiger partial charge in [0.15, 0.2) is 0 Å². The van der Waals surface area contributed by atoms with Crippen LogP contribution in [0.2, 0.25) is 0 Å². The van der Waals surface area contributed by atoms with Gasteiger partial charge < -0.3 is 20.5 Å². The number of piperazine rings is 1. The molecule has 0 spiro atoms. The first-order valence-corrected chi connectivity index (χ1v) is 8.82. The molecule has 2 aromatic carbocycles. The van der Waals surface area contributed by atoms with Gasteiger partial charge in [-0.1, -0.05) is 18.2 Å². The van der Waals surface area contributed by atoms with Crippen LogP contribution < -0.4 is 15.5 Å². The van der Waals surface area contributed by atoms with Crippen LogP contribution in [-0.2, 0) is 0 Å². The Morgan fingerprint density at radius 1 is 1.04 bits per heavy atom. The lowest BCUT2D eigenvalue weighted by molar-refractivity contribution is 0.466. The smallest absolute Gasteiger partial charge is 0.0611 e. The van der Waals surface area contributed by atoms with E-state index >= 15 is 0 Å². The van der Waals surface area contributed by atoms with Crippen LogP contribution in [0.1, 0.15) is 6.42 Å². The number of aromatic amines is 1. The second kappa shape index (κ2) is 5.56. The lowest BCUT2D eigenvalue weighted by Crippen LogP contribution is -2.51. The molecule has 3 heterocycles. The van der Waals surface area contributed by atoms with Gasteiger partial charge in [-0.2, -0.15) is 0 Å². The van der Waals surface area contributed by atoms with E-state index in [9.17, 15) is 0 Å². The zero-order valence-corrected chi connectivity index (χ0v) is 13.7. The van der Waals surface area contributed by atoms with Crippen LogP contribution >= 0.6 is 0 Å². The lowest BCUT2D eigenvalue weighted by atomic mass is 10.00. The number of hydrogen-bond donors (Lipinski definition) is 3. The van der Waals surface area contributed by atoms with Gasteiger partial charge in [0.05, 0.1) is 11.4 Å². The van der Waals surface area contributed by atoms with E-state index in [2.05, 4.69) is 63.0 Å². The van der Waals surface area contributed by atoms with Gasteiger partial charge in [-0.25, -0.2) is 0 Å². The molecule has 1 saturated heterocycles. The molecule has 4 nitrogen and oxygen atoms in total. The number of H-pyrrole nitrogens is 1. The van der Waals surface area contributed by atoms with Crippen LogP contribution in [0.25, 0.3) is 22.0 Å². The molecule has 24 heavy (non-hydrogen) atoms. The number of nitrogens with zero attached hydrogens (tertiary/aromatic N) is 1. The van der Waals surface area contributed by atoms with Crippen LogP contribution in [0.5, 0.6) is 0 Å². The van der Waals surface area contributed by atoms with E-state index in [4.69, 9.17) is 0 Å². The Labute approximate surface area is 141 Å². The van der Waals surface area contributed by atoms with E-state index in [1.807, 2.05) is 6.20 Å². The number of hydrogen-bond acceptors (Lipinski definition) is 3. The molecule has 0 bridgehead atoms. The van der Waals surface area contributed by atoms with Crippen molar-refractivity contribution in [1.29, 1.82) is 0 Å². The zero-order chi connectivity index (χ0) is 15.9. The predicted octanol–water partition coefficient (Wildman–Crippen LogP) is 3.43. The Morgan fingerprint density at radius 2 is 2.04 bits per heavy atom. The van der Waals surface area contributed by atoms with Crippen molar-refractivity contribution in [3.63, 3.8) is 0 Å². The van der Waals surface area contributed by atoms with E-state index in [0.29, 0.717) is 6.04 Å². The molecule has 122 valence electrons. The van der Waals surface area contributed by atoms with Gasteiger partial charge in [0, 0.05) is 49.3 Å². The second-order valence-corrected chi connectivity index (χ2v) is 6.74. The van der Waals surface area contributed by atoms with E-state index in [1.165, 1.54) is 39.8 Å². The van der Waals surface area contributed by atoms with Gasteiger partial charge in [0.1, 0.15) is 0 Å². The molecule has 4 heteroatoms. The van der Waals surface area contributed by atoms with Crippen molar-refractivity contribution in [3.8, 4) is 11.1 Å². The van der Waals surface area contributed by atoms with Gasteiger partial charge in [-0.05, 0) is 41.8 Å². The third-order valence-electron chi connectivity index (χ3n) is 5.36. The van der Waals surface area contributed by atoms with Crippen molar-refractivity contribution in [2.45, 2.75) is 12.5 Å². The van der Waals surface area contributed by atoms with Crippen molar-refractivity contribution in [2.24, 2.45) is 0 Å². The molecular formula is C20H22N4. The Balaban J connectivity index is 1.65.